The average molecular weight is 332 g/mol. The zero-order valence-electron chi connectivity index (χ0n) is 12.9. The number of carbonyl (C=O) groups is 1. The Labute approximate surface area is 139 Å². The summed E-state index contributed by atoms with van der Waals surface area (Å²) in [6.07, 6.45) is 3.88. The molecule has 5 nitrogen and oxygen atoms in total. The number of anilines is 2. The molecule has 1 aromatic heterocycles. The SMILES string of the molecule is Cn1cc(C(=O)Nc2ccc(N3CCCC3)c(Cl)c2)ccc1=O. The summed E-state index contributed by atoms with van der Waals surface area (Å²) < 4.78 is 1.37. The molecule has 1 N–H and O–H groups in total. The highest BCUT2D eigenvalue weighted by molar-refractivity contribution is 6.33. The van der Waals surface area contributed by atoms with Crippen molar-refractivity contribution >= 4 is 28.9 Å². The highest BCUT2D eigenvalue weighted by Crippen LogP contribution is 2.31. The minimum Gasteiger partial charge on any atom is -0.370 e. The first-order valence-electron chi connectivity index (χ1n) is 7.57. The highest BCUT2D eigenvalue weighted by Gasteiger charge is 2.16. The number of rotatable bonds is 3. The molecule has 6 heteroatoms. The smallest absolute Gasteiger partial charge is 0.257 e. The van der Waals surface area contributed by atoms with E-state index in [1.54, 1.807) is 13.1 Å². The van der Waals surface area contributed by atoms with Crippen LogP contribution in [0.15, 0.2) is 41.3 Å². The normalized spacial score (nSPS) is 14.1. The summed E-state index contributed by atoms with van der Waals surface area (Å²) in [7, 11) is 1.61. The van der Waals surface area contributed by atoms with Gasteiger partial charge in [0.25, 0.3) is 5.91 Å². The van der Waals surface area contributed by atoms with Gasteiger partial charge in [0.1, 0.15) is 0 Å². The number of halogens is 1. The van der Waals surface area contributed by atoms with Crippen molar-refractivity contribution in [3.8, 4) is 0 Å². The second-order valence-electron chi connectivity index (χ2n) is 5.68. The van der Waals surface area contributed by atoms with Gasteiger partial charge in [-0.15, -0.1) is 0 Å². The summed E-state index contributed by atoms with van der Waals surface area (Å²) in [5, 5.41) is 3.44. The van der Waals surface area contributed by atoms with E-state index in [1.165, 1.54) is 35.7 Å². The van der Waals surface area contributed by atoms with Gasteiger partial charge in [-0.2, -0.15) is 0 Å². The van der Waals surface area contributed by atoms with Gasteiger partial charge in [-0.05, 0) is 37.1 Å². The Balaban J connectivity index is 1.77. The molecule has 0 bridgehead atoms. The van der Waals surface area contributed by atoms with Gasteiger partial charge in [0, 0.05) is 38.1 Å². The van der Waals surface area contributed by atoms with E-state index < -0.39 is 0 Å². The lowest BCUT2D eigenvalue weighted by atomic mass is 10.2. The molecule has 0 radical (unpaired) electrons. The molecule has 1 amide bonds. The van der Waals surface area contributed by atoms with Crippen molar-refractivity contribution in [3.63, 3.8) is 0 Å². The van der Waals surface area contributed by atoms with Crippen LogP contribution in [0.3, 0.4) is 0 Å². The van der Waals surface area contributed by atoms with Crippen molar-refractivity contribution in [1.29, 1.82) is 0 Å². The molecule has 0 atom stereocenters. The Morgan fingerprint density at radius 1 is 1.17 bits per heavy atom. The molecule has 0 saturated carbocycles. The van der Waals surface area contributed by atoms with E-state index in [0.717, 1.165) is 18.8 Å². The van der Waals surface area contributed by atoms with Crippen LogP contribution >= 0.6 is 11.6 Å². The number of hydrogen-bond donors (Lipinski definition) is 1. The van der Waals surface area contributed by atoms with E-state index in [4.69, 9.17) is 11.6 Å². The van der Waals surface area contributed by atoms with E-state index in [1.807, 2.05) is 12.1 Å². The van der Waals surface area contributed by atoms with Crippen molar-refractivity contribution in [3.05, 3.63) is 57.5 Å². The van der Waals surface area contributed by atoms with Crippen LogP contribution in [0.4, 0.5) is 11.4 Å². The maximum Gasteiger partial charge on any atom is 0.257 e. The van der Waals surface area contributed by atoms with Gasteiger partial charge < -0.3 is 14.8 Å². The summed E-state index contributed by atoms with van der Waals surface area (Å²) in [5.74, 6) is -0.273. The molecule has 1 aliphatic heterocycles. The van der Waals surface area contributed by atoms with E-state index in [0.29, 0.717) is 16.3 Å². The van der Waals surface area contributed by atoms with Gasteiger partial charge in [0.2, 0.25) is 5.56 Å². The van der Waals surface area contributed by atoms with Crippen molar-refractivity contribution in [2.24, 2.45) is 7.05 Å². The minimum atomic E-state index is -0.273. The summed E-state index contributed by atoms with van der Waals surface area (Å²) in [6, 6.07) is 8.43. The van der Waals surface area contributed by atoms with Gasteiger partial charge in [0.15, 0.2) is 0 Å². The van der Waals surface area contributed by atoms with Gasteiger partial charge in [-0.1, -0.05) is 11.6 Å². The zero-order chi connectivity index (χ0) is 16.4. The fraction of sp³-hybridized carbons (Fsp3) is 0.294. The van der Waals surface area contributed by atoms with Gasteiger partial charge in [0.05, 0.1) is 16.3 Å². The topological polar surface area (TPSA) is 54.3 Å². The quantitative estimate of drug-likeness (QED) is 0.941. The Morgan fingerprint density at radius 2 is 1.91 bits per heavy atom. The fourth-order valence-corrected chi connectivity index (χ4v) is 3.03. The number of benzene rings is 1. The van der Waals surface area contributed by atoms with Crippen LogP contribution in [0.1, 0.15) is 23.2 Å². The molecule has 0 spiro atoms. The van der Waals surface area contributed by atoms with Crippen molar-refractivity contribution in [2.45, 2.75) is 12.8 Å². The van der Waals surface area contributed by atoms with Crippen LogP contribution in [0, 0.1) is 0 Å². The Kier molecular flexibility index (Phi) is 4.39. The predicted octanol–water partition coefficient (Wildman–Crippen LogP) is 2.89. The third-order valence-electron chi connectivity index (χ3n) is 4.00. The van der Waals surface area contributed by atoms with Crippen LogP contribution in [0.2, 0.25) is 5.02 Å². The first-order valence-corrected chi connectivity index (χ1v) is 7.95. The van der Waals surface area contributed by atoms with Crippen molar-refractivity contribution in [1.82, 2.24) is 4.57 Å². The molecule has 0 aliphatic carbocycles. The van der Waals surface area contributed by atoms with Crippen LogP contribution in [0.25, 0.3) is 0 Å². The minimum absolute atomic E-state index is 0.153. The van der Waals surface area contributed by atoms with E-state index in [9.17, 15) is 9.59 Å². The van der Waals surface area contributed by atoms with E-state index in [-0.39, 0.29) is 11.5 Å². The molecule has 2 heterocycles. The molecule has 1 aromatic carbocycles. The number of hydrogen-bond acceptors (Lipinski definition) is 3. The maximum atomic E-state index is 12.3. The van der Waals surface area contributed by atoms with Gasteiger partial charge in [-0.25, -0.2) is 0 Å². The number of nitrogens with zero attached hydrogens (tertiary/aromatic N) is 2. The van der Waals surface area contributed by atoms with Crippen molar-refractivity contribution < 1.29 is 4.79 Å². The molecule has 120 valence electrons. The number of aromatic nitrogens is 1. The molecular formula is C17H18ClN3O2. The monoisotopic (exact) mass is 331 g/mol. The molecular weight excluding hydrogens is 314 g/mol. The summed E-state index contributed by atoms with van der Waals surface area (Å²) in [6.45, 7) is 2.03. The standard InChI is InChI=1S/C17H18ClN3O2/c1-20-11-12(4-7-16(20)22)17(23)19-13-5-6-15(14(18)10-13)21-8-2-3-9-21/h4-7,10-11H,2-3,8-9H2,1H3,(H,19,23). The Morgan fingerprint density at radius 3 is 2.57 bits per heavy atom. The average Bonchev–Trinajstić information content (AvgIpc) is 3.04. The molecule has 2 aromatic rings. The summed E-state index contributed by atoms with van der Waals surface area (Å²) in [4.78, 5) is 25.9. The Bertz CT molecular complexity index is 795. The zero-order valence-corrected chi connectivity index (χ0v) is 13.6. The number of carbonyl (C=O) groups excluding carboxylic acids is 1. The first kappa shape index (κ1) is 15.6. The number of aryl methyl sites for hydroxylation is 1. The lowest BCUT2D eigenvalue weighted by Crippen LogP contribution is -2.20. The van der Waals surface area contributed by atoms with Crippen molar-refractivity contribution in [2.75, 3.05) is 23.3 Å². The molecule has 1 aliphatic rings. The lowest BCUT2D eigenvalue weighted by Gasteiger charge is -2.19. The number of amides is 1. The fourth-order valence-electron chi connectivity index (χ4n) is 2.73. The maximum absolute atomic E-state index is 12.3. The van der Waals surface area contributed by atoms with E-state index in [2.05, 4.69) is 10.2 Å². The summed E-state index contributed by atoms with van der Waals surface area (Å²) >= 11 is 6.35. The first-order chi connectivity index (χ1) is 11.0. The predicted molar refractivity (Wildman–Crippen MR) is 92.5 cm³/mol. The molecule has 1 fully saturated rings. The second-order valence-corrected chi connectivity index (χ2v) is 6.09. The van der Waals surface area contributed by atoms with Crippen LogP contribution < -0.4 is 15.8 Å². The third kappa shape index (κ3) is 3.40. The lowest BCUT2D eigenvalue weighted by molar-refractivity contribution is 0.102. The van der Waals surface area contributed by atoms with E-state index >= 15 is 0 Å². The highest BCUT2D eigenvalue weighted by atomic mass is 35.5. The second kappa shape index (κ2) is 6.46. The van der Waals surface area contributed by atoms with Crippen LogP contribution in [-0.2, 0) is 7.05 Å². The van der Waals surface area contributed by atoms with Gasteiger partial charge >= 0.3 is 0 Å². The molecule has 3 rings (SSSR count). The number of pyridine rings is 1. The molecule has 1 saturated heterocycles. The van der Waals surface area contributed by atoms with Crippen LogP contribution in [0.5, 0.6) is 0 Å². The molecule has 0 unspecified atom stereocenters. The van der Waals surface area contributed by atoms with Gasteiger partial charge in [-0.3, -0.25) is 9.59 Å². The number of nitrogens with one attached hydrogen (secondary N) is 1. The summed E-state index contributed by atoms with van der Waals surface area (Å²) in [5.41, 5.74) is 1.91. The largest absolute Gasteiger partial charge is 0.370 e. The third-order valence-corrected chi connectivity index (χ3v) is 4.30. The van der Waals surface area contributed by atoms with Crippen LogP contribution in [-0.4, -0.2) is 23.6 Å². The molecule has 23 heavy (non-hydrogen) atoms. The Hall–Kier alpha value is -2.27.